The van der Waals surface area contributed by atoms with Crippen LogP contribution in [0.2, 0.25) is 5.02 Å². The molecule has 0 bridgehead atoms. The second-order valence-corrected chi connectivity index (χ2v) is 7.08. The molecule has 0 aliphatic rings. The predicted octanol–water partition coefficient (Wildman–Crippen LogP) is 4.71. The van der Waals surface area contributed by atoms with E-state index in [1.54, 1.807) is 6.20 Å². The summed E-state index contributed by atoms with van der Waals surface area (Å²) in [6, 6.07) is 15.3. The summed E-state index contributed by atoms with van der Waals surface area (Å²) in [4.78, 5) is 17.3. The zero-order chi connectivity index (χ0) is 17.6. The fraction of sp³-hybridized carbons (Fsp3) is 0.158. The van der Waals surface area contributed by atoms with Crippen molar-refractivity contribution < 1.29 is 9.53 Å². The average molecular weight is 373 g/mol. The molecule has 0 saturated carbocycles. The number of hydrogen-bond acceptors (Lipinski definition) is 4. The van der Waals surface area contributed by atoms with Crippen molar-refractivity contribution in [2.75, 3.05) is 11.9 Å². The van der Waals surface area contributed by atoms with E-state index < -0.39 is 0 Å². The largest absolute Gasteiger partial charge is 0.484 e. The van der Waals surface area contributed by atoms with E-state index in [1.165, 1.54) is 11.3 Å². The maximum absolute atomic E-state index is 12.0. The maximum atomic E-state index is 12.0. The molecular formula is C19H17ClN2O2S. The van der Waals surface area contributed by atoms with E-state index >= 15 is 0 Å². The molecule has 1 aromatic heterocycles. The number of carbonyl (C=O) groups excluding carboxylic acids is 1. The summed E-state index contributed by atoms with van der Waals surface area (Å²) >= 11 is 7.61. The molecule has 1 N–H and O–H groups in total. The van der Waals surface area contributed by atoms with Crippen molar-refractivity contribution in [3.05, 3.63) is 75.8 Å². The second-order valence-electron chi connectivity index (χ2n) is 5.55. The average Bonchev–Trinajstić information content (AvgIpc) is 3.02. The molecule has 0 aliphatic carbocycles. The molecule has 4 nitrogen and oxygen atoms in total. The van der Waals surface area contributed by atoms with Gasteiger partial charge in [0, 0.05) is 22.5 Å². The number of nitrogens with zero attached hydrogens (tertiary/aromatic N) is 1. The fourth-order valence-electron chi connectivity index (χ4n) is 2.29. The zero-order valence-electron chi connectivity index (χ0n) is 13.7. The summed E-state index contributed by atoms with van der Waals surface area (Å²) in [7, 11) is 0. The van der Waals surface area contributed by atoms with Gasteiger partial charge in [0.1, 0.15) is 5.75 Å². The van der Waals surface area contributed by atoms with Crippen LogP contribution < -0.4 is 10.1 Å². The van der Waals surface area contributed by atoms with Crippen molar-refractivity contribution in [2.24, 2.45) is 0 Å². The third-order valence-electron chi connectivity index (χ3n) is 3.48. The highest BCUT2D eigenvalue weighted by atomic mass is 35.5. The molecule has 0 radical (unpaired) electrons. The molecule has 6 heteroatoms. The van der Waals surface area contributed by atoms with E-state index in [0.717, 1.165) is 21.0 Å². The Hall–Kier alpha value is -2.37. The molecule has 0 spiro atoms. The number of aromatic nitrogens is 1. The van der Waals surface area contributed by atoms with Crippen molar-refractivity contribution in [1.82, 2.24) is 4.98 Å². The minimum Gasteiger partial charge on any atom is -0.484 e. The van der Waals surface area contributed by atoms with Gasteiger partial charge in [-0.2, -0.15) is 0 Å². The Labute approximate surface area is 155 Å². The van der Waals surface area contributed by atoms with Crippen LogP contribution in [0.15, 0.2) is 54.7 Å². The highest BCUT2D eigenvalue weighted by molar-refractivity contribution is 7.15. The van der Waals surface area contributed by atoms with Crippen LogP contribution in [0.4, 0.5) is 5.13 Å². The van der Waals surface area contributed by atoms with E-state index in [2.05, 4.69) is 10.3 Å². The predicted molar refractivity (Wildman–Crippen MR) is 102 cm³/mol. The third-order valence-corrected chi connectivity index (χ3v) is 4.76. The monoisotopic (exact) mass is 372 g/mol. The van der Waals surface area contributed by atoms with Gasteiger partial charge < -0.3 is 4.74 Å². The Kier molecular flexibility index (Phi) is 5.68. The lowest BCUT2D eigenvalue weighted by Gasteiger charge is -2.06. The number of nitrogens with one attached hydrogen (secondary N) is 1. The molecule has 2 aromatic carbocycles. The molecule has 0 saturated heterocycles. The van der Waals surface area contributed by atoms with Gasteiger partial charge in [-0.3, -0.25) is 10.1 Å². The van der Waals surface area contributed by atoms with E-state index in [0.29, 0.717) is 17.3 Å². The van der Waals surface area contributed by atoms with Gasteiger partial charge >= 0.3 is 0 Å². The summed E-state index contributed by atoms with van der Waals surface area (Å²) in [5.74, 6) is 0.439. The Morgan fingerprint density at radius 1 is 1.24 bits per heavy atom. The molecule has 1 heterocycles. The van der Waals surface area contributed by atoms with Gasteiger partial charge in [0.2, 0.25) is 0 Å². The van der Waals surface area contributed by atoms with Crippen molar-refractivity contribution in [1.29, 1.82) is 0 Å². The van der Waals surface area contributed by atoms with E-state index in [-0.39, 0.29) is 12.5 Å². The summed E-state index contributed by atoms with van der Waals surface area (Å²) in [6.45, 7) is 1.92. The molecular weight excluding hydrogens is 356 g/mol. The van der Waals surface area contributed by atoms with Gasteiger partial charge in [0.25, 0.3) is 5.91 Å². The maximum Gasteiger partial charge on any atom is 0.264 e. The van der Waals surface area contributed by atoms with E-state index in [1.807, 2.05) is 55.5 Å². The normalized spacial score (nSPS) is 10.5. The smallest absolute Gasteiger partial charge is 0.264 e. The minimum atomic E-state index is -0.236. The number of anilines is 1. The van der Waals surface area contributed by atoms with Crippen LogP contribution in [-0.4, -0.2) is 17.5 Å². The van der Waals surface area contributed by atoms with Gasteiger partial charge in [-0.05, 0) is 36.2 Å². The summed E-state index contributed by atoms with van der Waals surface area (Å²) in [6.07, 6.45) is 2.44. The first-order valence-electron chi connectivity index (χ1n) is 7.77. The first-order chi connectivity index (χ1) is 12.1. The van der Waals surface area contributed by atoms with Crippen molar-refractivity contribution in [3.63, 3.8) is 0 Å². The first kappa shape index (κ1) is 17.5. The van der Waals surface area contributed by atoms with Crippen molar-refractivity contribution >= 4 is 34.0 Å². The fourth-order valence-corrected chi connectivity index (χ4v) is 3.34. The van der Waals surface area contributed by atoms with Crippen LogP contribution >= 0.6 is 22.9 Å². The first-order valence-corrected chi connectivity index (χ1v) is 8.97. The van der Waals surface area contributed by atoms with E-state index in [4.69, 9.17) is 16.3 Å². The number of hydrogen-bond donors (Lipinski definition) is 1. The molecule has 0 atom stereocenters. The topological polar surface area (TPSA) is 51.2 Å². The number of aryl methyl sites for hydroxylation is 1. The molecule has 0 fully saturated rings. The summed E-state index contributed by atoms with van der Waals surface area (Å²) in [5, 5.41) is 4.04. The number of halogens is 1. The number of benzene rings is 2. The summed E-state index contributed by atoms with van der Waals surface area (Å²) in [5.41, 5.74) is 2.12. The van der Waals surface area contributed by atoms with Gasteiger partial charge in [-0.15, -0.1) is 11.3 Å². The Morgan fingerprint density at radius 3 is 2.88 bits per heavy atom. The Morgan fingerprint density at radius 2 is 2.08 bits per heavy atom. The van der Waals surface area contributed by atoms with Gasteiger partial charge in [0.05, 0.1) is 0 Å². The van der Waals surface area contributed by atoms with Gasteiger partial charge in [-0.1, -0.05) is 41.9 Å². The molecule has 128 valence electrons. The minimum absolute atomic E-state index is 0.0527. The lowest BCUT2D eigenvalue weighted by Crippen LogP contribution is -2.19. The lowest BCUT2D eigenvalue weighted by atomic mass is 10.1. The van der Waals surface area contributed by atoms with Crippen molar-refractivity contribution in [2.45, 2.75) is 13.3 Å². The van der Waals surface area contributed by atoms with Gasteiger partial charge in [0.15, 0.2) is 11.7 Å². The number of rotatable bonds is 6. The molecule has 0 aliphatic heterocycles. The Bertz CT molecular complexity index is 879. The summed E-state index contributed by atoms with van der Waals surface area (Å²) < 4.78 is 5.49. The Balaban J connectivity index is 1.54. The van der Waals surface area contributed by atoms with Crippen LogP contribution in [0.1, 0.15) is 16.0 Å². The second kappa shape index (κ2) is 8.14. The standard InChI is InChI=1S/C19H17ClN2O2S/c1-13-5-4-7-15(9-13)24-12-18(23)22-19-21-11-16(25-19)10-14-6-2-3-8-17(14)20/h2-9,11H,10,12H2,1H3,(H,21,22,23). The number of amides is 1. The number of thiazole rings is 1. The van der Waals surface area contributed by atoms with E-state index in [9.17, 15) is 4.79 Å². The highest BCUT2D eigenvalue weighted by Crippen LogP contribution is 2.24. The van der Waals surface area contributed by atoms with Crippen LogP contribution in [0.5, 0.6) is 5.75 Å². The number of ether oxygens (including phenoxy) is 1. The van der Waals surface area contributed by atoms with Crippen molar-refractivity contribution in [3.8, 4) is 5.75 Å². The molecule has 3 aromatic rings. The van der Waals surface area contributed by atoms with Crippen LogP contribution in [-0.2, 0) is 11.2 Å². The molecule has 0 unspecified atom stereocenters. The molecule has 1 amide bonds. The third kappa shape index (κ3) is 5.05. The SMILES string of the molecule is Cc1cccc(OCC(=O)Nc2ncc(Cc3ccccc3Cl)s2)c1. The highest BCUT2D eigenvalue weighted by Gasteiger charge is 2.09. The van der Waals surface area contributed by atoms with Crippen LogP contribution in [0.3, 0.4) is 0 Å². The van der Waals surface area contributed by atoms with Gasteiger partial charge in [-0.25, -0.2) is 4.98 Å². The van der Waals surface area contributed by atoms with Crippen LogP contribution in [0, 0.1) is 6.92 Å². The molecule has 25 heavy (non-hydrogen) atoms. The quantitative estimate of drug-likeness (QED) is 0.681. The zero-order valence-corrected chi connectivity index (χ0v) is 15.2. The molecule has 3 rings (SSSR count). The number of carbonyl (C=O) groups is 1. The van der Waals surface area contributed by atoms with Crippen LogP contribution in [0.25, 0.3) is 0 Å². The lowest BCUT2D eigenvalue weighted by molar-refractivity contribution is -0.118.